The van der Waals surface area contributed by atoms with E-state index in [0.29, 0.717) is 29.0 Å². The van der Waals surface area contributed by atoms with Crippen molar-refractivity contribution in [2.45, 2.75) is 12.8 Å². The van der Waals surface area contributed by atoms with Gasteiger partial charge in [0, 0.05) is 55.4 Å². The van der Waals surface area contributed by atoms with Crippen LogP contribution < -0.4 is 10.2 Å². The van der Waals surface area contributed by atoms with Gasteiger partial charge in [-0.05, 0) is 30.9 Å². The number of H-pyrrole nitrogens is 1. The number of halogens is 2. The van der Waals surface area contributed by atoms with Gasteiger partial charge in [-0.1, -0.05) is 11.6 Å². The van der Waals surface area contributed by atoms with Crippen molar-refractivity contribution in [3.8, 4) is 11.4 Å². The molecule has 1 fully saturated rings. The molecular weight excluding hydrogens is 419 g/mol. The second-order valence-corrected chi connectivity index (χ2v) is 7.96. The third-order valence-electron chi connectivity index (χ3n) is 5.39. The SMILES string of the molecule is Fc1cnc(-c2c[nH]c3ncc(Cl)cc23)nc1NCC1CCCN(c2ncccn2)C1. The number of nitrogens with one attached hydrogen (secondary N) is 2. The average Bonchev–Trinajstić information content (AvgIpc) is 3.22. The molecule has 1 aliphatic heterocycles. The molecule has 0 aromatic carbocycles. The lowest BCUT2D eigenvalue weighted by Gasteiger charge is -2.32. The van der Waals surface area contributed by atoms with E-state index in [-0.39, 0.29) is 5.82 Å². The Bertz CT molecular complexity index is 1200. The van der Waals surface area contributed by atoms with Crippen molar-refractivity contribution in [1.29, 1.82) is 0 Å². The van der Waals surface area contributed by atoms with Gasteiger partial charge in [0.2, 0.25) is 5.95 Å². The fourth-order valence-corrected chi connectivity index (χ4v) is 4.05. The first-order valence-electron chi connectivity index (χ1n) is 10.1. The Morgan fingerprint density at radius 3 is 2.94 bits per heavy atom. The normalized spacial score (nSPS) is 16.6. The fraction of sp³-hybridized carbons (Fsp3) is 0.286. The van der Waals surface area contributed by atoms with Gasteiger partial charge in [0.1, 0.15) is 5.65 Å². The minimum Gasteiger partial charge on any atom is -0.367 e. The molecule has 0 aliphatic carbocycles. The second kappa shape index (κ2) is 8.43. The van der Waals surface area contributed by atoms with Gasteiger partial charge in [0.05, 0.1) is 11.2 Å². The Morgan fingerprint density at radius 1 is 1.19 bits per heavy atom. The highest BCUT2D eigenvalue weighted by molar-refractivity contribution is 6.31. The predicted octanol–water partition coefficient (Wildman–Crippen LogP) is 3.93. The van der Waals surface area contributed by atoms with E-state index >= 15 is 0 Å². The Labute approximate surface area is 182 Å². The fourth-order valence-electron chi connectivity index (χ4n) is 3.89. The van der Waals surface area contributed by atoms with E-state index in [1.807, 2.05) is 0 Å². The van der Waals surface area contributed by atoms with E-state index in [2.05, 4.69) is 40.1 Å². The van der Waals surface area contributed by atoms with Crippen molar-refractivity contribution >= 4 is 34.4 Å². The summed E-state index contributed by atoms with van der Waals surface area (Å²) in [5.41, 5.74) is 1.39. The largest absolute Gasteiger partial charge is 0.367 e. The van der Waals surface area contributed by atoms with Crippen LogP contribution in [0, 0.1) is 11.7 Å². The van der Waals surface area contributed by atoms with Crippen LogP contribution in [0.5, 0.6) is 0 Å². The summed E-state index contributed by atoms with van der Waals surface area (Å²) in [6.45, 7) is 2.32. The van der Waals surface area contributed by atoms with Crippen molar-refractivity contribution in [2.75, 3.05) is 29.9 Å². The molecule has 8 nitrogen and oxygen atoms in total. The standard InChI is InChI=1S/C21H20ClFN8/c22-14-7-15-16(10-28-18(15)27-9-14)19-29-11-17(23)20(30-19)26-8-13-3-1-6-31(12-13)21-24-4-2-5-25-21/h2,4-5,7,9-11,13H,1,3,6,8,12H2,(H,27,28)(H,26,29,30). The van der Waals surface area contributed by atoms with Crippen molar-refractivity contribution in [1.82, 2.24) is 29.9 Å². The van der Waals surface area contributed by atoms with Crippen molar-refractivity contribution in [2.24, 2.45) is 5.92 Å². The van der Waals surface area contributed by atoms with E-state index in [9.17, 15) is 4.39 Å². The van der Waals surface area contributed by atoms with Crippen LogP contribution in [-0.2, 0) is 0 Å². The molecule has 5 heterocycles. The molecular formula is C21H20ClFN8. The summed E-state index contributed by atoms with van der Waals surface area (Å²) < 4.78 is 14.4. The van der Waals surface area contributed by atoms with Gasteiger partial charge in [-0.2, -0.15) is 0 Å². The Morgan fingerprint density at radius 2 is 2.06 bits per heavy atom. The van der Waals surface area contributed by atoms with Gasteiger partial charge in [-0.3, -0.25) is 0 Å². The summed E-state index contributed by atoms with van der Waals surface area (Å²) in [5.74, 6) is 1.16. The lowest BCUT2D eigenvalue weighted by molar-refractivity contribution is 0.427. The molecule has 0 saturated carbocycles. The minimum absolute atomic E-state index is 0.183. The molecule has 0 amide bonds. The number of aromatic nitrogens is 6. The zero-order valence-electron chi connectivity index (χ0n) is 16.6. The summed E-state index contributed by atoms with van der Waals surface area (Å²) in [6.07, 6.45) is 10.1. The van der Waals surface area contributed by atoms with E-state index < -0.39 is 5.82 Å². The molecule has 4 aromatic heterocycles. The molecule has 0 bridgehead atoms. The molecule has 1 saturated heterocycles. The van der Waals surface area contributed by atoms with E-state index in [0.717, 1.165) is 42.8 Å². The van der Waals surface area contributed by atoms with E-state index in [1.165, 1.54) is 6.20 Å². The third kappa shape index (κ3) is 4.13. The number of anilines is 2. The highest BCUT2D eigenvalue weighted by atomic mass is 35.5. The number of fused-ring (bicyclic) bond motifs is 1. The number of aromatic amines is 1. The van der Waals surface area contributed by atoms with Gasteiger partial charge in [0.25, 0.3) is 0 Å². The van der Waals surface area contributed by atoms with Crippen molar-refractivity contribution in [3.05, 3.63) is 54.0 Å². The molecule has 1 aliphatic rings. The van der Waals surface area contributed by atoms with Crippen LogP contribution >= 0.6 is 11.6 Å². The molecule has 0 radical (unpaired) electrons. The molecule has 31 heavy (non-hydrogen) atoms. The van der Waals surface area contributed by atoms with Crippen molar-refractivity contribution < 1.29 is 4.39 Å². The first-order chi connectivity index (χ1) is 15.2. The summed E-state index contributed by atoms with van der Waals surface area (Å²) in [5, 5.41) is 4.47. The molecule has 158 valence electrons. The van der Waals surface area contributed by atoms with Crippen LogP contribution in [0.4, 0.5) is 16.2 Å². The highest BCUT2D eigenvalue weighted by Gasteiger charge is 2.22. The summed E-state index contributed by atoms with van der Waals surface area (Å²) >= 11 is 6.08. The molecule has 4 aromatic rings. The maximum Gasteiger partial charge on any atom is 0.225 e. The first kappa shape index (κ1) is 19.6. The maximum absolute atomic E-state index is 14.4. The van der Waals surface area contributed by atoms with Gasteiger partial charge in [-0.15, -0.1) is 0 Å². The number of pyridine rings is 1. The predicted molar refractivity (Wildman–Crippen MR) is 118 cm³/mol. The number of piperidine rings is 1. The van der Waals surface area contributed by atoms with Crippen LogP contribution in [0.2, 0.25) is 5.02 Å². The van der Waals surface area contributed by atoms with Crippen LogP contribution in [-0.4, -0.2) is 49.5 Å². The van der Waals surface area contributed by atoms with E-state index in [4.69, 9.17) is 11.6 Å². The zero-order valence-corrected chi connectivity index (χ0v) is 17.3. The van der Waals surface area contributed by atoms with Gasteiger partial charge >= 0.3 is 0 Å². The summed E-state index contributed by atoms with van der Waals surface area (Å²) in [6, 6.07) is 3.59. The molecule has 2 N–H and O–H groups in total. The molecule has 1 atom stereocenters. The summed E-state index contributed by atoms with van der Waals surface area (Å²) in [7, 11) is 0. The van der Waals surface area contributed by atoms with E-state index in [1.54, 1.807) is 36.9 Å². The lowest BCUT2D eigenvalue weighted by atomic mass is 9.98. The second-order valence-electron chi connectivity index (χ2n) is 7.53. The molecule has 1 unspecified atom stereocenters. The number of rotatable bonds is 5. The molecule has 5 rings (SSSR count). The van der Waals surface area contributed by atoms with Crippen molar-refractivity contribution in [3.63, 3.8) is 0 Å². The number of hydrogen-bond donors (Lipinski definition) is 2. The Kier molecular flexibility index (Phi) is 5.33. The van der Waals surface area contributed by atoms with Gasteiger partial charge in [-0.25, -0.2) is 29.3 Å². The number of nitrogens with zero attached hydrogens (tertiary/aromatic N) is 6. The molecule has 10 heteroatoms. The lowest BCUT2D eigenvalue weighted by Crippen LogP contribution is -2.39. The number of hydrogen-bond acceptors (Lipinski definition) is 7. The zero-order chi connectivity index (χ0) is 21.2. The van der Waals surface area contributed by atoms with Crippen LogP contribution in [0.3, 0.4) is 0 Å². The Balaban J connectivity index is 1.32. The smallest absolute Gasteiger partial charge is 0.225 e. The average molecular weight is 439 g/mol. The van der Waals surface area contributed by atoms with Crippen LogP contribution in [0.1, 0.15) is 12.8 Å². The first-order valence-corrected chi connectivity index (χ1v) is 10.5. The van der Waals surface area contributed by atoms with Crippen LogP contribution in [0.25, 0.3) is 22.4 Å². The molecule has 0 spiro atoms. The highest BCUT2D eigenvalue weighted by Crippen LogP contribution is 2.28. The van der Waals surface area contributed by atoms with Gasteiger partial charge in [0.15, 0.2) is 17.5 Å². The minimum atomic E-state index is -0.487. The monoisotopic (exact) mass is 438 g/mol. The van der Waals surface area contributed by atoms with Gasteiger partial charge < -0.3 is 15.2 Å². The quantitative estimate of drug-likeness (QED) is 0.487. The third-order valence-corrected chi connectivity index (χ3v) is 5.60. The topological polar surface area (TPSA) is 95.5 Å². The van der Waals surface area contributed by atoms with Crippen LogP contribution in [0.15, 0.2) is 43.1 Å². The Hall–Kier alpha value is -3.33. The summed E-state index contributed by atoms with van der Waals surface area (Å²) in [4.78, 5) is 26.8. The maximum atomic E-state index is 14.4.